The highest BCUT2D eigenvalue weighted by Crippen LogP contribution is 2.16. The number of amides is 1. The Morgan fingerprint density at radius 3 is 2.73 bits per heavy atom. The summed E-state index contributed by atoms with van der Waals surface area (Å²) in [4.78, 5) is 20.9. The first kappa shape index (κ1) is 22.7. The second-order valence-electron chi connectivity index (χ2n) is 6.35. The molecule has 0 aliphatic carbocycles. The molecule has 1 amide bonds. The van der Waals surface area contributed by atoms with Crippen LogP contribution in [-0.4, -0.2) is 68.6 Å². The zero-order valence-corrected chi connectivity index (χ0v) is 18.3. The van der Waals surface area contributed by atoms with Crippen molar-refractivity contribution < 1.29 is 9.53 Å². The number of nitrogens with one attached hydrogen (secondary N) is 1. The third-order valence-corrected chi connectivity index (χ3v) is 4.55. The van der Waals surface area contributed by atoms with Gasteiger partial charge in [0, 0.05) is 46.3 Å². The zero-order chi connectivity index (χ0) is 18.1. The number of hydrogen-bond donors (Lipinski definition) is 1. The number of halogens is 1. The lowest BCUT2D eigenvalue weighted by molar-refractivity contribution is -0.130. The van der Waals surface area contributed by atoms with Crippen LogP contribution in [0.5, 0.6) is 0 Å². The van der Waals surface area contributed by atoms with Gasteiger partial charge in [-0.1, -0.05) is 30.3 Å². The van der Waals surface area contributed by atoms with Crippen molar-refractivity contribution in [3.63, 3.8) is 0 Å². The number of ether oxygens (including phenoxy) is 1. The van der Waals surface area contributed by atoms with E-state index in [-0.39, 0.29) is 36.4 Å². The minimum Gasteiger partial charge on any atom is -0.384 e. The largest absolute Gasteiger partial charge is 0.384 e. The fraction of sp³-hybridized carbons (Fsp3) is 0.579. The first-order valence-corrected chi connectivity index (χ1v) is 8.94. The van der Waals surface area contributed by atoms with Gasteiger partial charge in [0.15, 0.2) is 5.96 Å². The Labute approximate surface area is 174 Å². The molecule has 1 aromatic carbocycles. The fourth-order valence-corrected chi connectivity index (χ4v) is 3.18. The van der Waals surface area contributed by atoms with Crippen molar-refractivity contribution in [1.82, 2.24) is 15.1 Å². The SMILES string of the molecule is CCN(Cc1ccccc1)C(=O)CNC(=NC)N1CCC(COC)C1.I. The topological polar surface area (TPSA) is 57.2 Å². The van der Waals surface area contributed by atoms with Gasteiger partial charge >= 0.3 is 0 Å². The molecule has 1 N–H and O–H groups in total. The Balaban J connectivity index is 0.00000338. The monoisotopic (exact) mass is 474 g/mol. The number of aliphatic imine (C=N–C) groups is 1. The maximum Gasteiger partial charge on any atom is 0.242 e. The molecule has 26 heavy (non-hydrogen) atoms. The van der Waals surface area contributed by atoms with E-state index in [1.54, 1.807) is 14.2 Å². The molecule has 2 rings (SSSR count). The van der Waals surface area contributed by atoms with Crippen LogP contribution in [0, 0.1) is 5.92 Å². The fourth-order valence-electron chi connectivity index (χ4n) is 3.18. The van der Waals surface area contributed by atoms with Crippen LogP contribution in [-0.2, 0) is 16.1 Å². The maximum atomic E-state index is 12.6. The van der Waals surface area contributed by atoms with E-state index in [1.807, 2.05) is 42.2 Å². The lowest BCUT2D eigenvalue weighted by Crippen LogP contribution is -2.45. The van der Waals surface area contributed by atoms with E-state index in [0.717, 1.165) is 37.6 Å². The van der Waals surface area contributed by atoms with Gasteiger partial charge in [0.2, 0.25) is 5.91 Å². The van der Waals surface area contributed by atoms with E-state index in [0.29, 0.717) is 19.0 Å². The summed E-state index contributed by atoms with van der Waals surface area (Å²) in [6.45, 7) is 6.23. The maximum absolute atomic E-state index is 12.6. The lowest BCUT2D eigenvalue weighted by atomic mass is 10.1. The molecule has 1 aliphatic rings. The Hall–Kier alpha value is -1.35. The van der Waals surface area contributed by atoms with Crippen LogP contribution in [0.25, 0.3) is 0 Å². The minimum atomic E-state index is 0. The standard InChI is InChI=1S/C19H30N4O2.HI/c1-4-22(13-16-8-6-5-7-9-16)18(24)12-21-19(20-2)23-11-10-17(14-23)15-25-3;/h5-9,17H,4,10-15H2,1-3H3,(H,20,21);1H. The predicted molar refractivity (Wildman–Crippen MR) is 116 cm³/mol. The van der Waals surface area contributed by atoms with Gasteiger partial charge in [-0.2, -0.15) is 0 Å². The van der Waals surface area contributed by atoms with E-state index < -0.39 is 0 Å². The van der Waals surface area contributed by atoms with Gasteiger partial charge in [-0.3, -0.25) is 9.79 Å². The summed E-state index contributed by atoms with van der Waals surface area (Å²) in [5, 5.41) is 3.22. The van der Waals surface area contributed by atoms with Gasteiger partial charge in [-0.15, -0.1) is 24.0 Å². The van der Waals surface area contributed by atoms with Crippen LogP contribution in [0.15, 0.2) is 35.3 Å². The average molecular weight is 474 g/mol. The molecule has 0 aromatic heterocycles. The molecule has 6 nitrogen and oxygen atoms in total. The number of rotatable bonds is 7. The first-order chi connectivity index (χ1) is 12.2. The van der Waals surface area contributed by atoms with Crippen LogP contribution >= 0.6 is 24.0 Å². The summed E-state index contributed by atoms with van der Waals surface area (Å²) in [6.07, 6.45) is 1.09. The average Bonchev–Trinajstić information content (AvgIpc) is 3.09. The van der Waals surface area contributed by atoms with Gasteiger partial charge in [-0.05, 0) is 18.9 Å². The molecule has 0 saturated carbocycles. The number of hydrogen-bond acceptors (Lipinski definition) is 3. The number of likely N-dealkylation sites (tertiary alicyclic amines) is 1. The Morgan fingerprint density at radius 2 is 2.12 bits per heavy atom. The summed E-state index contributed by atoms with van der Waals surface area (Å²) in [5.74, 6) is 1.41. The van der Waals surface area contributed by atoms with Crippen molar-refractivity contribution >= 4 is 35.8 Å². The summed E-state index contributed by atoms with van der Waals surface area (Å²) in [6, 6.07) is 10.1. The molecular formula is C19H31IN4O2. The molecule has 146 valence electrons. The summed E-state index contributed by atoms with van der Waals surface area (Å²) >= 11 is 0. The predicted octanol–water partition coefficient (Wildman–Crippen LogP) is 2.20. The number of guanidine groups is 1. The number of likely N-dealkylation sites (N-methyl/N-ethyl adjacent to an activating group) is 1. The number of carbonyl (C=O) groups is 1. The van der Waals surface area contributed by atoms with Crippen molar-refractivity contribution in [3.05, 3.63) is 35.9 Å². The molecule has 1 heterocycles. The highest BCUT2D eigenvalue weighted by atomic mass is 127. The molecule has 0 bridgehead atoms. The van der Waals surface area contributed by atoms with E-state index in [1.165, 1.54) is 0 Å². The van der Waals surface area contributed by atoms with Crippen molar-refractivity contribution in [1.29, 1.82) is 0 Å². The molecule has 0 radical (unpaired) electrons. The molecular weight excluding hydrogens is 443 g/mol. The first-order valence-electron chi connectivity index (χ1n) is 8.94. The summed E-state index contributed by atoms with van der Waals surface area (Å²) in [5.41, 5.74) is 1.14. The van der Waals surface area contributed by atoms with Crippen LogP contribution in [0.4, 0.5) is 0 Å². The van der Waals surface area contributed by atoms with Crippen LogP contribution in [0.1, 0.15) is 18.9 Å². The molecule has 7 heteroatoms. The molecule has 1 fully saturated rings. The van der Waals surface area contributed by atoms with Crippen LogP contribution in [0.3, 0.4) is 0 Å². The molecule has 1 atom stereocenters. The van der Waals surface area contributed by atoms with E-state index >= 15 is 0 Å². The van der Waals surface area contributed by atoms with E-state index in [2.05, 4.69) is 15.2 Å². The minimum absolute atomic E-state index is 0. The van der Waals surface area contributed by atoms with Crippen LogP contribution < -0.4 is 5.32 Å². The van der Waals surface area contributed by atoms with Gasteiger partial charge in [0.05, 0.1) is 13.2 Å². The number of nitrogens with zero attached hydrogens (tertiary/aromatic N) is 3. The molecule has 1 unspecified atom stereocenters. The molecule has 1 aliphatic heterocycles. The Kier molecular flexibility index (Phi) is 10.6. The summed E-state index contributed by atoms with van der Waals surface area (Å²) in [7, 11) is 3.50. The zero-order valence-electron chi connectivity index (χ0n) is 16.0. The second kappa shape index (κ2) is 12.1. The van der Waals surface area contributed by atoms with Gasteiger partial charge in [0.25, 0.3) is 0 Å². The number of benzene rings is 1. The second-order valence-corrected chi connectivity index (χ2v) is 6.35. The number of methoxy groups -OCH3 is 1. The van der Waals surface area contributed by atoms with Gasteiger partial charge in [-0.25, -0.2) is 0 Å². The smallest absolute Gasteiger partial charge is 0.242 e. The molecule has 1 saturated heterocycles. The third-order valence-electron chi connectivity index (χ3n) is 4.55. The van der Waals surface area contributed by atoms with Crippen molar-refractivity contribution in [2.24, 2.45) is 10.9 Å². The van der Waals surface area contributed by atoms with Crippen molar-refractivity contribution in [3.8, 4) is 0 Å². The third kappa shape index (κ3) is 6.75. The lowest BCUT2D eigenvalue weighted by Gasteiger charge is -2.24. The van der Waals surface area contributed by atoms with Crippen LogP contribution in [0.2, 0.25) is 0 Å². The molecule has 1 aromatic rings. The van der Waals surface area contributed by atoms with E-state index in [9.17, 15) is 4.79 Å². The highest BCUT2D eigenvalue weighted by Gasteiger charge is 2.25. The number of carbonyl (C=O) groups excluding carboxylic acids is 1. The normalized spacial score (nSPS) is 17.0. The summed E-state index contributed by atoms with van der Waals surface area (Å²) < 4.78 is 5.24. The highest BCUT2D eigenvalue weighted by molar-refractivity contribution is 14.0. The molecule has 0 spiro atoms. The van der Waals surface area contributed by atoms with Crippen molar-refractivity contribution in [2.45, 2.75) is 19.9 Å². The Morgan fingerprint density at radius 1 is 1.38 bits per heavy atom. The quantitative estimate of drug-likeness (QED) is 0.374. The van der Waals surface area contributed by atoms with Gasteiger partial charge < -0.3 is 19.9 Å². The van der Waals surface area contributed by atoms with E-state index in [4.69, 9.17) is 4.74 Å². The Bertz CT molecular complexity index is 568. The van der Waals surface area contributed by atoms with Gasteiger partial charge in [0.1, 0.15) is 0 Å². The van der Waals surface area contributed by atoms with Crippen molar-refractivity contribution in [2.75, 3.05) is 46.9 Å².